The van der Waals surface area contributed by atoms with E-state index in [1.54, 1.807) is 13.1 Å². The molecule has 2 aromatic rings. The molecule has 0 saturated carbocycles. The van der Waals surface area contributed by atoms with E-state index in [1.807, 2.05) is 42.5 Å². The Morgan fingerprint density at radius 2 is 1.78 bits per heavy atom. The summed E-state index contributed by atoms with van der Waals surface area (Å²) in [5.41, 5.74) is 1.70. The average Bonchev–Trinajstić information content (AvgIpc) is 2.40. The number of hydrogen-bond donors (Lipinski definition) is 1. The number of aromatic nitrogens is 1. The standard InChI is InChI=1S/C16H19NO/c1-12(2)13-9-10-17-15(11-13)16(3,18)14-7-5-4-6-8-14/h4-12,18H,1-3H3/t16-/m1/s1. The van der Waals surface area contributed by atoms with E-state index in [0.717, 1.165) is 5.56 Å². The van der Waals surface area contributed by atoms with E-state index in [2.05, 4.69) is 18.8 Å². The van der Waals surface area contributed by atoms with Crippen molar-refractivity contribution in [3.05, 3.63) is 65.5 Å². The molecule has 0 bridgehead atoms. The molecule has 1 atom stereocenters. The van der Waals surface area contributed by atoms with Crippen LogP contribution < -0.4 is 0 Å². The Morgan fingerprint density at radius 1 is 1.11 bits per heavy atom. The van der Waals surface area contributed by atoms with Crippen molar-refractivity contribution in [2.75, 3.05) is 0 Å². The van der Waals surface area contributed by atoms with Gasteiger partial charge in [0.1, 0.15) is 5.60 Å². The molecular formula is C16H19NO. The highest BCUT2D eigenvalue weighted by Crippen LogP contribution is 2.28. The number of rotatable bonds is 3. The summed E-state index contributed by atoms with van der Waals surface area (Å²) in [7, 11) is 0. The van der Waals surface area contributed by atoms with Gasteiger partial charge in [-0.25, -0.2) is 0 Å². The molecule has 0 aliphatic heterocycles. The zero-order chi connectivity index (χ0) is 13.2. The van der Waals surface area contributed by atoms with Gasteiger partial charge in [-0.2, -0.15) is 0 Å². The maximum absolute atomic E-state index is 10.7. The van der Waals surface area contributed by atoms with Crippen molar-refractivity contribution in [3.63, 3.8) is 0 Å². The SMILES string of the molecule is CC(C)c1ccnc([C@](C)(O)c2ccccc2)c1. The third-order valence-corrected chi connectivity index (χ3v) is 3.29. The van der Waals surface area contributed by atoms with Gasteiger partial charge in [-0.1, -0.05) is 44.2 Å². The molecule has 1 N–H and O–H groups in total. The summed E-state index contributed by atoms with van der Waals surface area (Å²) in [5.74, 6) is 0.429. The van der Waals surface area contributed by atoms with E-state index in [0.29, 0.717) is 11.6 Å². The zero-order valence-electron chi connectivity index (χ0n) is 11.1. The number of pyridine rings is 1. The van der Waals surface area contributed by atoms with E-state index >= 15 is 0 Å². The van der Waals surface area contributed by atoms with Crippen LogP contribution in [-0.4, -0.2) is 10.1 Å². The Bertz CT molecular complexity index is 518. The molecule has 2 nitrogen and oxygen atoms in total. The van der Waals surface area contributed by atoms with Crippen molar-refractivity contribution < 1.29 is 5.11 Å². The van der Waals surface area contributed by atoms with Crippen molar-refractivity contribution in [2.45, 2.75) is 32.3 Å². The van der Waals surface area contributed by atoms with Gasteiger partial charge in [0.15, 0.2) is 0 Å². The summed E-state index contributed by atoms with van der Waals surface area (Å²) in [5, 5.41) is 10.7. The lowest BCUT2D eigenvalue weighted by Gasteiger charge is -2.24. The van der Waals surface area contributed by atoms with Gasteiger partial charge < -0.3 is 5.11 Å². The number of hydrogen-bond acceptors (Lipinski definition) is 2. The van der Waals surface area contributed by atoms with Crippen molar-refractivity contribution in [1.82, 2.24) is 4.98 Å². The van der Waals surface area contributed by atoms with Gasteiger partial charge in [0.2, 0.25) is 0 Å². The van der Waals surface area contributed by atoms with Crippen LogP contribution in [0.4, 0.5) is 0 Å². The first-order valence-corrected chi connectivity index (χ1v) is 6.26. The molecular weight excluding hydrogens is 222 g/mol. The van der Waals surface area contributed by atoms with Gasteiger partial charge in [0.05, 0.1) is 5.69 Å². The summed E-state index contributed by atoms with van der Waals surface area (Å²) < 4.78 is 0. The van der Waals surface area contributed by atoms with Gasteiger partial charge in [0, 0.05) is 6.20 Å². The van der Waals surface area contributed by atoms with Gasteiger partial charge in [-0.05, 0) is 36.1 Å². The summed E-state index contributed by atoms with van der Waals surface area (Å²) in [6, 6.07) is 13.6. The molecule has 1 aromatic heterocycles. The smallest absolute Gasteiger partial charge is 0.129 e. The lowest BCUT2D eigenvalue weighted by Crippen LogP contribution is -2.24. The summed E-state index contributed by atoms with van der Waals surface area (Å²) in [4.78, 5) is 4.32. The van der Waals surface area contributed by atoms with E-state index in [4.69, 9.17) is 0 Å². The van der Waals surface area contributed by atoms with E-state index in [-0.39, 0.29) is 0 Å². The van der Waals surface area contributed by atoms with Crippen molar-refractivity contribution in [2.24, 2.45) is 0 Å². The van der Waals surface area contributed by atoms with Crippen LogP contribution in [0, 0.1) is 0 Å². The minimum Gasteiger partial charge on any atom is -0.379 e. The Morgan fingerprint density at radius 3 is 2.39 bits per heavy atom. The number of nitrogens with zero attached hydrogens (tertiary/aromatic N) is 1. The molecule has 2 rings (SSSR count). The molecule has 1 heterocycles. The minimum atomic E-state index is -1.05. The van der Waals surface area contributed by atoms with Crippen LogP contribution in [0.3, 0.4) is 0 Å². The first kappa shape index (κ1) is 12.8. The van der Waals surface area contributed by atoms with E-state index in [1.165, 1.54) is 5.56 Å². The monoisotopic (exact) mass is 241 g/mol. The quantitative estimate of drug-likeness (QED) is 0.892. The zero-order valence-corrected chi connectivity index (χ0v) is 11.1. The minimum absolute atomic E-state index is 0.429. The first-order chi connectivity index (χ1) is 8.51. The molecule has 1 aromatic carbocycles. The molecule has 0 radical (unpaired) electrons. The van der Waals surface area contributed by atoms with Crippen LogP contribution in [0.2, 0.25) is 0 Å². The second-order valence-electron chi connectivity index (χ2n) is 5.07. The summed E-state index contributed by atoms with van der Waals surface area (Å²) >= 11 is 0. The van der Waals surface area contributed by atoms with Gasteiger partial charge >= 0.3 is 0 Å². The average molecular weight is 241 g/mol. The Hall–Kier alpha value is -1.67. The maximum atomic E-state index is 10.7. The topological polar surface area (TPSA) is 33.1 Å². The third kappa shape index (κ3) is 2.44. The van der Waals surface area contributed by atoms with Crippen LogP contribution >= 0.6 is 0 Å². The van der Waals surface area contributed by atoms with Gasteiger partial charge in [-0.3, -0.25) is 4.98 Å². The van der Waals surface area contributed by atoms with Crippen LogP contribution in [0.15, 0.2) is 48.7 Å². The predicted octanol–water partition coefficient (Wildman–Crippen LogP) is 3.46. The molecule has 0 unspecified atom stereocenters. The summed E-state index contributed by atoms with van der Waals surface area (Å²) in [6.07, 6.45) is 1.77. The van der Waals surface area contributed by atoms with Crippen molar-refractivity contribution in [1.29, 1.82) is 0 Å². The van der Waals surface area contributed by atoms with Crippen molar-refractivity contribution in [3.8, 4) is 0 Å². The fourth-order valence-corrected chi connectivity index (χ4v) is 1.98. The molecule has 0 amide bonds. The fraction of sp³-hybridized carbons (Fsp3) is 0.312. The Balaban J connectivity index is 2.44. The van der Waals surface area contributed by atoms with Crippen LogP contribution in [-0.2, 0) is 5.60 Å². The Labute approximate surface area is 108 Å². The largest absolute Gasteiger partial charge is 0.379 e. The third-order valence-electron chi connectivity index (χ3n) is 3.29. The molecule has 0 fully saturated rings. The molecule has 0 saturated heterocycles. The van der Waals surface area contributed by atoms with Crippen LogP contribution in [0.5, 0.6) is 0 Å². The molecule has 2 heteroatoms. The lowest BCUT2D eigenvalue weighted by atomic mass is 9.90. The molecule has 18 heavy (non-hydrogen) atoms. The number of benzene rings is 1. The highest BCUT2D eigenvalue weighted by atomic mass is 16.3. The normalized spacial score (nSPS) is 14.5. The van der Waals surface area contributed by atoms with Crippen LogP contribution in [0.1, 0.15) is 43.5 Å². The van der Waals surface area contributed by atoms with E-state index in [9.17, 15) is 5.11 Å². The highest BCUT2D eigenvalue weighted by Gasteiger charge is 2.27. The van der Waals surface area contributed by atoms with Gasteiger partial charge in [0.25, 0.3) is 0 Å². The lowest BCUT2D eigenvalue weighted by molar-refractivity contribution is 0.0973. The highest BCUT2D eigenvalue weighted by molar-refractivity contribution is 5.33. The second-order valence-corrected chi connectivity index (χ2v) is 5.07. The van der Waals surface area contributed by atoms with Crippen molar-refractivity contribution >= 4 is 0 Å². The summed E-state index contributed by atoms with van der Waals surface area (Å²) in [6.45, 7) is 6.06. The van der Waals surface area contributed by atoms with Gasteiger partial charge in [-0.15, -0.1) is 0 Å². The van der Waals surface area contributed by atoms with E-state index < -0.39 is 5.60 Å². The fourth-order valence-electron chi connectivity index (χ4n) is 1.98. The predicted molar refractivity (Wildman–Crippen MR) is 73.4 cm³/mol. The second kappa shape index (κ2) is 4.91. The molecule has 0 aliphatic rings. The maximum Gasteiger partial charge on any atom is 0.129 e. The molecule has 0 aliphatic carbocycles. The first-order valence-electron chi connectivity index (χ1n) is 6.26. The van der Waals surface area contributed by atoms with Crippen LogP contribution in [0.25, 0.3) is 0 Å². The number of aliphatic hydroxyl groups is 1. The molecule has 94 valence electrons. The Kier molecular flexibility index (Phi) is 3.48. The molecule has 0 spiro atoms.